The van der Waals surface area contributed by atoms with Gasteiger partial charge in [0, 0.05) is 0 Å². The number of carbonyl (C=O) groups is 1. The Hall–Kier alpha value is -2.80. The fourth-order valence-corrected chi connectivity index (χ4v) is 3.79. The molecule has 0 amide bonds. The Morgan fingerprint density at radius 3 is 2.48 bits per heavy atom. The fourth-order valence-electron chi connectivity index (χ4n) is 2.93. The van der Waals surface area contributed by atoms with Crippen LogP contribution in [0.25, 0.3) is 0 Å². The summed E-state index contributed by atoms with van der Waals surface area (Å²) in [5, 5.41) is 9.29. The third kappa shape index (κ3) is 5.38. The van der Waals surface area contributed by atoms with Crippen LogP contribution in [0.3, 0.4) is 0 Å². The maximum atomic E-state index is 11.6. The van der Waals surface area contributed by atoms with Crippen LogP contribution in [0.5, 0.6) is 5.75 Å². The third-order valence-corrected chi connectivity index (χ3v) is 5.57. The lowest BCUT2D eigenvalue weighted by molar-refractivity contribution is -0.137. The van der Waals surface area contributed by atoms with Crippen LogP contribution in [0.2, 0.25) is 0 Å². The third-order valence-electron chi connectivity index (χ3n) is 4.65. The highest BCUT2D eigenvalue weighted by atomic mass is 32.2. The number of rotatable bonds is 9. The van der Waals surface area contributed by atoms with E-state index in [4.69, 9.17) is 9.47 Å². The lowest BCUT2D eigenvalue weighted by atomic mass is 10.1. The molecule has 1 heterocycles. The Morgan fingerprint density at radius 2 is 1.83 bits per heavy atom. The summed E-state index contributed by atoms with van der Waals surface area (Å²) in [6.45, 7) is 4.49. The zero-order valence-electron chi connectivity index (χ0n) is 16.9. The summed E-state index contributed by atoms with van der Waals surface area (Å²) in [4.78, 5) is 11.6. The van der Waals surface area contributed by atoms with E-state index in [0.717, 1.165) is 17.7 Å². The molecular weight excluding hydrogens is 386 g/mol. The Balaban J connectivity index is 1.82. The van der Waals surface area contributed by atoms with Crippen molar-refractivity contribution >= 4 is 17.7 Å². The van der Waals surface area contributed by atoms with E-state index in [9.17, 15) is 4.79 Å². The maximum Gasteiger partial charge on any atom is 0.316 e. The molecule has 0 saturated heterocycles. The van der Waals surface area contributed by atoms with Crippen molar-refractivity contribution in [3.63, 3.8) is 0 Å². The summed E-state index contributed by atoms with van der Waals surface area (Å²) >= 11 is 1.31. The fraction of sp³-hybridized carbons (Fsp3) is 0.318. The van der Waals surface area contributed by atoms with Crippen molar-refractivity contribution < 1.29 is 14.3 Å². The maximum absolute atomic E-state index is 11.6. The number of hydrogen-bond donors (Lipinski definition) is 0. The second-order valence-corrected chi connectivity index (χ2v) is 7.45. The smallest absolute Gasteiger partial charge is 0.316 e. The molecular formula is C22H25N3O3S. The number of methoxy groups -OCH3 is 1. The quantitative estimate of drug-likeness (QED) is 0.386. The normalized spacial score (nSPS) is 11.8. The first-order valence-electron chi connectivity index (χ1n) is 9.52. The van der Waals surface area contributed by atoms with Gasteiger partial charge in [-0.05, 0) is 36.6 Å². The van der Waals surface area contributed by atoms with Gasteiger partial charge in [-0.15, -0.1) is 10.2 Å². The van der Waals surface area contributed by atoms with Crippen LogP contribution in [0.1, 0.15) is 36.8 Å². The zero-order valence-corrected chi connectivity index (χ0v) is 17.7. The highest BCUT2D eigenvalue weighted by Gasteiger charge is 2.20. The van der Waals surface area contributed by atoms with Gasteiger partial charge in [-0.25, -0.2) is 0 Å². The molecule has 0 saturated carbocycles. The summed E-state index contributed by atoms with van der Waals surface area (Å²) in [5.74, 6) is 1.36. The Bertz CT molecular complexity index is 926. The number of esters is 1. The minimum Gasteiger partial charge on any atom is -0.486 e. The number of nitrogens with zero attached hydrogens (tertiary/aromatic N) is 3. The Morgan fingerprint density at radius 1 is 1.10 bits per heavy atom. The van der Waals surface area contributed by atoms with Crippen LogP contribution in [-0.4, -0.2) is 33.6 Å². The standard InChI is InChI=1S/C22H25N3O3S/c1-4-17-10-12-19(13-11-17)28-14-20-23-24-22(29-15-21(26)27-3)25(20)16(2)18-8-6-5-7-9-18/h5-13,16H,4,14-15H2,1-3H3/t16-/m0/s1. The van der Waals surface area contributed by atoms with E-state index in [2.05, 4.69) is 48.3 Å². The number of aryl methyl sites for hydroxylation is 1. The van der Waals surface area contributed by atoms with Crippen LogP contribution in [0.4, 0.5) is 0 Å². The Kier molecular flexibility index (Phi) is 7.30. The highest BCUT2D eigenvalue weighted by Crippen LogP contribution is 2.27. The average molecular weight is 412 g/mol. The molecule has 0 unspecified atom stereocenters. The van der Waals surface area contributed by atoms with E-state index < -0.39 is 0 Å². The van der Waals surface area contributed by atoms with Crippen molar-refractivity contribution in [1.29, 1.82) is 0 Å². The molecule has 1 aromatic heterocycles. The largest absolute Gasteiger partial charge is 0.486 e. The number of ether oxygens (including phenoxy) is 2. The molecule has 0 aliphatic rings. The topological polar surface area (TPSA) is 66.2 Å². The first-order chi connectivity index (χ1) is 14.1. The molecule has 0 N–H and O–H groups in total. The number of hydrogen-bond acceptors (Lipinski definition) is 6. The lowest BCUT2D eigenvalue weighted by Crippen LogP contribution is -2.14. The van der Waals surface area contributed by atoms with Crippen molar-refractivity contribution in [2.75, 3.05) is 12.9 Å². The second-order valence-electron chi connectivity index (χ2n) is 6.51. The van der Waals surface area contributed by atoms with Gasteiger partial charge in [-0.3, -0.25) is 9.36 Å². The molecule has 1 atom stereocenters. The van der Waals surface area contributed by atoms with Crippen molar-refractivity contribution in [2.45, 2.75) is 38.1 Å². The van der Waals surface area contributed by atoms with Gasteiger partial charge in [-0.2, -0.15) is 0 Å². The van der Waals surface area contributed by atoms with Gasteiger partial charge in [0.05, 0.1) is 18.9 Å². The van der Waals surface area contributed by atoms with Gasteiger partial charge < -0.3 is 9.47 Å². The molecule has 3 rings (SSSR count). The zero-order chi connectivity index (χ0) is 20.6. The molecule has 0 radical (unpaired) electrons. The Labute approximate surface area is 175 Å². The number of carbonyl (C=O) groups excluding carboxylic acids is 1. The monoisotopic (exact) mass is 411 g/mol. The summed E-state index contributed by atoms with van der Waals surface area (Å²) < 4.78 is 12.7. The van der Waals surface area contributed by atoms with Gasteiger partial charge >= 0.3 is 5.97 Å². The first-order valence-corrected chi connectivity index (χ1v) is 10.5. The molecule has 0 spiro atoms. The molecule has 29 heavy (non-hydrogen) atoms. The minimum atomic E-state index is -0.300. The van der Waals surface area contributed by atoms with Crippen molar-refractivity contribution in [1.82, 2.24) is 14.8 Å². The first kappa shape index (κ1) is 20.9. The molecule has 0 bridgehead atoms. The number of thioether (sulfide) groups is 1. The second kappa shape index (κ2) is 10.1. The van der Waals surface area contributed by atoms with Crippen LogP contribution >= 0.6 is 11.8 Å². The van der Waals surface area contributed by atoms with Crippen molar-refractivity contribution in [2.24, 2.45) is 0 Å². The molecule has 6 nitrogen and oxygen atoms in total. The summed E-state index contributed by atoms with van der Waals surface area (Å²) in [7, 11) is 1.38. The predicted molar refractivity (Wildman–Crippen MR) is 113 cm³/mol. The van der Waals surface area contributed by atoms with Gasteiger partial charge in [0.1, 0.15) is 12.4 Å². The van der Waals surface area contributed by atoms with E-state index in [0.29, 0.717) is 11.0 Å². The van der Waals surface area contributed by atoms with Crippen molar-refractivity contribution in [3.05, 3.63) is 71.5 Å². The number of aromatic nitrogens is 3. The number of benzene rings is 2. The van der Waals surface area contributed by atoms with Crippen molar-refractivity contribution in [3.8, 4) is 5.75 Å². The van der Waals surface area contributed by atoms with Gasteiger partial charge in [0.2, 0.25) is 0 Å². The summed E-state index contributed by atoms with van der Waals surface area (Å²) in [5.41, 5.74) is 2.39. The molecule has 0 aliphatic carbocycles. The van der Waals surface area contributed by atoms with E-state index in [-0.39, 0.29) is 24.4 Å². The molecule has 152 valence electrons. The van der Waals surface area contributed by atoms with Crippen LogP contribution < -0.4 is 4.74 Å². The van der Waals surface area contributed by atoms with E-state index in [1.165, 1.54) is 24.4 Å². The average Bonchev–Trinajstić information content (AvgIpc) is 3.19. The van der Waals surface area contributed by atoms with E-state index in [1.807, 2.05) is 34.9 Å². The molecule has 2 aromatic carbocycles. The minimum absolute atomic E-state index is 0.00702. The molecule has 0 fully saturated rings. The highest BCUT2D eigenvalue weighted by molar-refractivity contribution is 7.99. The summed E-state index contributed by atoms with van der Waals surface area (Å²) in [6.07, 6.45) is 0.990. The molecule has 0 aliphatic heterocycles. The molecule has 3 aromatic rings. The van der Waals surface area contributed by atoms with E-state index in [1.54, 1.807) is 0 Å². The molecule has 7 heteroatoms. The lowest BCUT2D eigenvalue weighted by Gasteiger charge is -2.18. The van der Waals surface area contributed by atoms with Crippen LogP contribution in [0, 0.1) is 0 Å². The predicted octanol–water partition coefficient (Wildman–Crippen LogP) is 4.29. The SMILES string of the molecule is CCc1ccc(OCc2nnc(SCC(=O)OC)n2[C@@H](C)c2ccccc2)cc1. The van der Waals surface area contributed by atoms with Gasteiger partial charge in [0.25, 0.3) is 0 Å². The van der Waals surface area contributed by atoms with Crippen LogP contribution in [0.15, 0.2) is 59.8 Å². The van der Waals surface area contributed by atoms with Gasteiger partial charge in [0.15, 0.2) is 11.0 Å². The van der Waals surface area contributed by atoms with Gasteiger partial charge in [-0.1, -0.05) is 61.2 Å². The summed E-state index contributed by atoms with van der Waals surface area (Å²) in [6, 6.07) is 18.2. The van der Waals surface area contributed by atoms with Crippen LogP contribution in [-0.2, 0) is 22.6 Å². The van der Waals surface area contributed by atoms with E-state index >= 15 is 0 Å².